The molecule has 1 aliphatic heterocycles. The highest BCUT2D eigenvalue weighted by Crippen LogP contribution is 2.35. The molecule has 1 fully saturated rings. The third-order valence-corrected chi connectivity index (χ3v) is 8.00. The molecular formula is C30H35N7O5S. The molecule has 1 saturated heterocycles. The Bertz CT molecular complexity index is 1670. The van der Waals surface area contributed by atoms with Crippen molar-refractivity contribution in [3.8, 4) is 11.5 Å². The minimum absolute atomic E-state index is 0.0619. The fourth-order valence-corrected chi connectivity index (χ4v) is 5.64. The molecule has 2 heterocycles. The van der Waals surface area contributed by atoms with Crippen molar-refractivity contribution >= 4 is 56.5 Å². The Kier molecular flexibility index (Phi) is 9.24. The fourth-order valence-electron chi connectivity index (χ4n) is 5.03. The lowest BCUT2D eigenvalue weighted by molar-refractivity contribution is -0.117. The van der Waals surface area contributed by atoms with Gasteiger partial charge in [0.15, 0.2) is 11.6 Å². The Balaban J connectivity index is 1.47. The van der Waals surface area contributed by atoms with Gasteiger partial charge in [-0.15, -0.1) is 0 Å². The molecule has 0 saturated carbocycles. The van der Waals surface area contributed by atoms with Crippen LogP contribution in [0.2, 0.25) is 0 Å². The quantitative estimate of drug-likeness (QED) is 0.218. The highest BCUT2D eigenvalue weighted by molar-refractivity contribution is 7.74. The lowest BCUT2D eigenvalue weighted by Gasteiger charge is -2.22. The highest BCUT2D eigenvalue weighted by Gasteiger charge is 2.26. The number of rotatable bonds is 11. The van der Waals surface area contributed by atoms with E-state index in [1.165, 1.54) is 0 Å². The first-order valence-electron chi connectivity index (χ1n) is 13.7. The summed E-state index contributed by atoms with van der Waals surface area (Å²) in [5.41, 5.74) is 2.40. The van der Waals surface area contributed by atoms with Gasteiger partial charge >= 0.3 is 0 Å². The maximum atomic E-state index is 12.9. The second-order valence-electron chi connectivity index (χ2n) is 10.4. The van der Waals surface area contributed by atoms with Crippen LogP contribution in [0.4, 0.5) is 28.7 Å². The number of fused-ring (bicyclic) bond motifs is 1. The molecule has 1 amide bonds. The van der Waals surface area contributed by atoms with Gasteiger partial charge in [0.05, 0.1) is 37.5 Å². The highest BCUT2D eigenvalue weighted by atomic mass is 32.2. The number of ether oxygens (including phenoxy) is 2. The summed E-state index contributed by atoms with van der Waals surface area (Å²) < 4.78 is 37.5. The van der Waals surface area contributed by atoms with Crippen LogP contribution in [0, 0.1) is 0 Å². The van der Waals surface area contributed by atoms with Crippen LogP contribution in [-0.4, -0.2) is 88.1 Å². The van der Waals surface area contributed by atoms with Gasteiger partial charge in [-0.1, -0.05) is 18.2 Å². The molecule has 1 unspecified atom stereocenters. The van der Waals surface area contributed by atoms with E-state index in [9.17, 15) is 13.2 Å². The van der Waals surface area contributed by atoms with E-state index in [1.807, 2.05) is 20.2 Å². The van der Waals surface area contributed by atoms with Gasteiger partial charge in [0.1, 0.15) is 11.5 Å². The monoisotopic (exact) mass is 605 g/mol. The summed E-state index contributed by atoms with van der Waals surface area (Å²) in [5.74, 6) is 1.17. The van der Waals surface area contributed by atoms with E-state index in [-0.39, 0.29) is 24.1 Å². The van der Waals surface area contributed by atoms with E-state index in [4.69, 9.17) is 19.4 Å². The van der Waals surface area contributed by atoms with Crippen molar-refractivity contribution in [3.05, 3.63) is 66.7 Å². The molecule has 0 radical (unpaired) electrons. The zero-order chi connectivity index (χ0) is 30.5. The topological polar surface area (TPSA) is 129 Å². The van der Waals surface area contributed by atoms with Gasteiger partial charge in [0.25, 0.3) is 0 Å². The molecule has 2 N–H and O–H groups in total. The number of benzene rings is 3. The lowest BCUT2D eigenvalue weighted by atomic mass is 10.2. The summed E-state index contributed by atoms with van der Waals surface area (Å²) in [7, 11) is 3.95. The number of carbonyl (C=O) groups excluding carboxylic acids is 1. The number of para-hydroxylation sites is 2. The Hall–Kier alpha value is -4.46. The predicted molar refractivity (Wildman–Crippen MR) is 168 cm³/mol. The summed E-state index contributed by atoms with van der Waals surface area (Å²) in [6, 6.07) is 19.5. The predicted octanol–water partition coefficient (Wildman–Crippen LogP) is 3.63. The molecule has 0 bridgehead atoms. The van der Waals surface area contributed by atoms with Crippen LogP contribution in [0.15, 0.2) is 66.7 Å². The standard InChI is InChI=1S/C30H35N7O5S/c1-35(2)23-12-13-36(18-23)19-28(38)31-20-8-7-9-22(14-20)37(43(39)40)30-29(33-26-10-5-6-11-27(26)34-30)32-21-15-24(41-3)17-25(16-21)42-4/h5-11,14-17,23,43H,12-13,18-19H2,1-4H3,(H,31,38)(H,32,33). The van der Waals surface area contributed by atoms with Crippen LogP contribution in [0.1, 0.15) is 6.42 Å². The average Bonchev–Trinajstić information content (AvgIpc) is 3.46. The molecule has 1 aromatic heterocycles. The molecule has 0 spiro atoms. The first-order chi connectivity index (χ1) is 20.7. The summed E-state index contributed by atoms with van der Waals surface area (Å²) in [4.78, 5) is 26.6. The van der Waals surface area contributed by atoms with E-state index in [0.717, 1.165) is 23.8 Å². The Morgan fingerprint density at radius 1 is 0.953 bits per heavy atom. The van der Waals surface area contributed by atoms with Crippen LogP contribution < -0.4 is 24.4 Å². The number of methoxy groups -OCH3 is 2. The molecule has 4 aromatic rings. The van der Waals surface area contributed by atoms with Gasteiger partial charge in [-0.2, -0.15) is 0 Å². The van der Waals surface area contributed by atoms with Crippen LogP contribution in [-0.2, 0) is 15.7 Å². The zero-order valence-corrected chi connectivity index (χ0v) is 25.4. The first kappa shape index (κ1) is 30.0. The average molecular weight is 606 g/mol. The molecule has 0 aliphatic carbocycles. The van der Waals surface area contributed by atoms with Crippen molar-refractivity contribution in [1.82, 2.24) is 19.8 Å². The molecule has 226 valence electrons. The molecule has 43 heavy (non-hydrogen) atoms. The van der Waals surface area contributed by atoms with Crippen LogP contribution in [0.25, 0.3) is 11.0 Å². The summed E-state index contributed by atoms with van der Waals surface area (Å²) in [6.07, 6.45) is 1.01. The van der Waals surface area contributed by atoms with Crippen LogP contribution >= 0.6 is 0 Å². The number of amides is 1. The molecule has 3 aromatic carbocycles. The maximum Gasteiger partial charge on any atom is 0.238 e. The van der Waals surface area contributed by atoms with Gasteiger partial charge < -0.3 is 25.0 Å². The van der Waals surface area contributed by atoms with Crippen LogP contribution in [0.3, 0.4) is 0 Å². The maximum absolute atomic E-state index is 12.9. The number of nitrogens with zero attached hydrogens (tertiary/aromatic N) is 5. The van der Waals surface area contributed by atoms with Gasteiger partial charge in [0.2, 0.25) is 16.8 Å². The third-order valence-electron chi connectivity index (χ3n) is 7.25. The van der Waals surface area contributed by atoms with Gasteiger partial charge in [-0.3, -0.25) is 9.69 Å². The number of likely N-dealkylation sites (tertiary alicyclic amines) is 1. The molecule has 1 atom stereocenters. The minimum atomic E-state index is -3.22. The number of thiol groups is 1. The zero-order valence-electron chi connectivity index (χ0n) is 24.5. The number of aromatic nitrogens is 2. The van der Waals surface area contributed by atoms with Crippen molar-refractivity contribution in [1.29, 1.82) is 0 Å². The Morgan fingerprint density at radius 3 is 2.28 bits per heavy atom. The second kappa shape index (κ2) is 13.2. The normalized spacial score (nSPS) is 15.2. The van der Waals surface area contributed by atoms with E-state index in [0.29, 0.717) is 45.6 Å². The van der Waals surface area contributed by atoms with Crippen molar-refractivity contribution < 1.29 is 22.7 Å². The van der Waals surface area contributed by atoms with E-state index in [2.05, 4.69) is 20.4 Å². The molecular weight excluding hydrogens is 570 g/mol. The van der Waals surface area contributed by atoms with E-state index < -0.39 is 10.9 Å². The van der Waals surface area contributed by atoms with Gasteiger partial charge in [-0.25, -0.2) is 22.7 Å². The number of anilines is 5. The van der Waals surface area contributed by atoms with Crippen molar-refractivity contribution in [2.24, 2.45) is 0 Å². The first-order valence-corrected chi connectivity index (χ1v) is 14.9. The van der Waals surface area contributed by atoms with Crippen molar-refractivity contribution in [3.63, 3.8) is 0 Å². The fraction of sp³-hybridized carbons (Fsp3) is 0.300. The molecule has 12 nitrogen and oxygen atoms in total. The Morgan fingerprint density at radius 2 is 1.65 bits per heavy atom. The number of carbonyl (C=O) groups is 1. The smallest absolute Gasteiger partial charge is 0.238 e. The van der Waals surface area contributed by atoms with Gasteiger partial charge in [-0.05, 0) is 50.8 Å². The van der Waals surface area contributed by atoms with E-state index >= 15 is 0 Å². The minimum Gasteiger partial charge on any atom is -0.497 e. The summed E-state index contributed by atoms with van der Waals surface area (Å²) in [6.45, 7) is 1.92. The number of hydrogen-bond donors (Lipinski definition) is 3. The largest absolute Gasteiger partial charge is 0.497 e. The number of likely N-dealkylation sites (N-methyl/N-ethyl adjacent to an activating group) is 1. The summed E-state index contributed by atoms with van der Waals surface area (Å²) in [5, 5.41) is 6.11. The SMILES string of the molecule is COc1cc(Nc2nc3ccccc3nc2N(c2cccc(NC(=O)CN3CCC(N(C)C)C3)c2)[SH](=O)=O)cc(OC)c1. The number of nitrogens with one attached hydrogen (secondary N) is 2. The van der Waals surface area contributed by atoms with E-state index in [1.54, 1.807) is 74.9 Å². The van der Waals surface area contributed by atoms with Crippen LogP contribution in [0.5, 0.6) is 11.5 Å². The Labute approximate surface area is 252 Å². The summed E-state index contributed by atoms with van der Waals surface area (Å²) >= 11 is 0. The van der Waals surface area contributed by atoms with Crippen molar-refractivity contribution in [2.75, 3.05) is 62.9 Å². The number of hydrogen-bond acceptors (Lipinski definition) is 10. The van der Waals surface area contributed by atoms with Gasteiger partial charge in [0, 0.05) is 48.7 Å². The molecule has 1 aliphatic rings. The second-order valence-corrected chi connectivity index (χ2v) is 11.3. The molecule has 13 heteroatoms. The van der Waals surface area contributed by atoms with Crippen molar-refractivity contribution in [2.45, 2.75) is 12.5 Å². The lowest BCUT2D eigenvalue weighted by Crippen LogP contribution is -2.35. The third kappa shape index (κ3) is 7.13. The molecule has 5 rings (SSSR count).